The van der Waals surface area contributed by atoms with E-state index in [1.807, 2.05) is 24.3 Å². The SMILES string of the molecule is C.CC(C)N1CCN(Cc2sc(C(=O)CCc3ccc4c(N)nccc4c3)cc2Cl)CC1. The molecule has 0 aliphatic carbocycles. The predicted octanol–water partition coefficient (Wildman–Crippen LogP) is 5.51. The number of fused-ring (bicyclic) bond motifs is 1. The lowest BCUT2D eigenvalue weighted by atomic mass is 10.0. The Morgan fingerprint density at radius 3 is 2.66 bits per heavy atom. The molecule has 1 aliphatic rings. The van der Waals surface area contributed by atoms with Gasteiger partial charge in [-0.2, -0.15) is 0 Å². The highest BCUT2D eigenvalue weighted by atomic mass is 35.5. The summed E-state index contributed by atoms with van der Waals surface area (Å²) in [6.45, 7) is 9.56. The van der Waals surface area contributed by atoms with E-state index in [2.05, 4.69) is 34.7 Å². The summed E-state index contributed by atoms with van der Waals surface area (Å²) in [5, 5.41) is 2.71. The van der Waals surface area contributed by atoms with Crippen molar-refractivity contribution in [1.29, 1.82) is 0 Å². The Kier molecular flexibility index (Phi) is 8.28. The number of hydrogen-bond acceptors (Lipinski definition) is 6. The molecule has 0 spiro atoms. The first-order valence-electron chi connectivity index (χ1n) is 10.8. The number of thiophene rings is 1. The van der Waals surface area contributed by atoms with E-state index in [0.29, 0.717) is 29.7 Å². The lowest BCUT2D eigenvalue weighted by Gasteiger charge is -2.36. The van der Waals surface area contributed by atoms with Gasteiger partial charge in [-0.1, -0.05) is 37.2 Å². The minimum atomic E-state index is 0. The van der Waals surface area contributed by atoms with Crippen LogP contribution in [0.15, 0.2) is 36.5 Å². The van der Waals surface area contributed by atoms with Crippen molar-refractivity contribution < 1.29 is 4.79 Å². The number of pyridine rings is 1. The molecule has 0 atom stereocenters. The first-order valence-corrected chi connectivity index (χ1v) is 12.0. The highest BCUT2D eigenvalue weighted by Crippen LogP contribution is 2.30. The molecule has 1 aliphatic heterocycles. The number of hydrogen-bond donors (Lipinski definition) is 1. The van der Waals surface area contributed by atoms with Gasteiger partial charge in [0.25, 0.3) is 0 Å². The van der Waals surface area contributed by atoms with Crippen LogP contribution in [0.1, 0.15) is 47.8 Å². The second-order valence-corrected chi connectivity index (χ2v) is 10.0. The van der Waals surface area contributed by atoms with E-state index in [1.54, 1.807) is 17.5 Å². The maximum atomic E-state index is 12.8. The molecular formula is C25H33ClN4OS. The second kappa shape index (κ2) is 10.8. The highest BCUT2D eigenvalue weighted by Gasteiger charge is 2.21. The molecule has 3 heterocycles. The fourth-order valence-corrected chi connectivity index (χ4v) is 5.49. The Labute approximate surface area is 200 Å². The van der Waals surface area contributed by atoms with Gasteiger partial charge in [-0.25, -0.2) is 4.98 Å². The van der Waals surface area contributed by atoms with E-state index in [1.165, 1.54) is 0 Å². The van der Waals surface area contributed by atoms with Gasteiger partial charge in [0.2, 0.25) is 0 Å². The third-order valence-corrected chi connectivity index (χ3v) is 7.65. The summed E-state index contributed by atoms with van der Waals surface area (Å²) >= 11 is 8.03. The van der Waals surface area contributed by atoms with Crippen molar-refractivity contribution in [2.45, 2.75) is 46.7 Å². The lowest BCUT2D eigenvalue weighted by Crippen LogP contribution is -2.48. The number of rotatable bonds is 7. The number of ketones is 1. The predicted molar refractivity (Wildman–Crippen MR) is 137 cm³/mol. The molecule has 1 saturated heterocycles. The molecule has 4 rings (SSSR count). The number of aromatic nitrogens is 1. The van der Waals surface area contributed by atoms with E-state index in [0.717, 1.165) is 58.8 Å². The van der Waals surface area contributed by atoms with Gasteiger partial charge in [-0.05, 0) is 43.4 Å². The molecular weight excluding hydrogens is 440 g/mol. The zero-order chi connectivity index (χ0) is 22.0. The molecule has 2 aromatic heterocycles. The van der Waals surface area contributed by atoms with Crippen molar-refractivity contribution in [3.05, 3.63) is 56.9 Å². The van der Waals surface area contributed by atoms with E-state index in [-0.39, 0.29) is 13.2 Å². The number of halogens is 1. The number of benzene rings is 1. The Morgan fingerprint density at radius 1 is 1.19 bits per heavy atom. The number of anilines is 1. The molecule has 32 heavy (non-hydrogen) atoms. The summed E-state index contributed by atoms with van der Waals surface area (Å²) in [4.78, 5) is 23.7. The fraction of sp³-hybridized carbons (Fsp3) is 0.440. The van der Waals surface area contributed by atoms with E-state index in [9.17, 15) is 4.79 Å². The minimum Gasteiger partial charge on any atom is -0.383 e. The van der Waals surface area contributed by atoms with Gasteiger partial charge >= 0.3 is 0 Å². The number of carbonyl (C=O) groups excluding carboxylic acids is 1. The maximum Gasteiger partial charge on any atom is 0.173 e. The average molecular weight is 473 g/mol. The van der Waals surface area contributed by atoms with Crippen LogP contribution in [-0.4, -0.2) is 52.8 Å². The van der Waals surface area contributed by atoms with Crippen LogP contribution >= 0.6 is 22.9 Å². The van der Waals surface area contributed by atoms with Gasteiger partial charge in [-0.15, -0.1) is 11.3 Å². The number of carbonyl (C=O) groups is 1. The quantitative estimate of drug-likeness (QED) is 0.459. The number of piperazine rings is 1. The summed E-state index contributed by atoms with van der Waals surface area (Å²) in [6, 6.07) is 10.5. The standard InChI is InChI=1S/C24H29ClN4OS.CH4/c1-16(2)29-11-9-28(10-12-29)15-23-20(25)14-22(31-23)21(30)6-4-17-3-5-19-18(13-17)7-8-27-24(19)26;/h3,5,7-8,13-14,16H,4,6,9-12,15H2,1-2H3,(H2,26,27);1H4. The molecule has 7 heteroatoms. The molecule has 0 unspecified atom stereocenters. The molecule has 5 nitrogen and oxygen atoms in total. The topological polar surface area (TPSA) is 62.5 Å². The molecule has 1 fully saturated rings. The van der Waals surface area contributed by atoms with E-state index >= 15 is 0 Å². The summed E-state index contributed by atoms with van der Waals surface area (Å²) in [7, 11) is 0. The van der Waals surface area contributed by atoms with Crippen LogP contribution in [0.25, 0.3) is 10.8 Å². The number of nitrogens with zero attached hydrogens (tertiary/aromatic N) is 3. The monoisotopic (exact) mass is 472 g/mol. The van der Waals surface area contributed by atoms with Crippen LogP contribution in [0.4, 0.5) is 5.82 Å². The molecule has 1 aromatic carbocycles. The van der Waals surface area contributed by atoms with Crippen LogP contribution in [0.5, 0.6) is 0 Å². The van der Waals surface area contributed by atoms with Crippen LogP contribution in [0, 0.1) is 0 Å². The van der Waals surface area contributed by atoms with Crippen molar-refractivity contribution in [2.75, 3.05) is 31.9 Å². The Bertz CT molecular complexity index is 1070. The molecule has 0 radical (unpaired) electrons. The Balaban J connectivity index is 0.00000289. The smallest absolute Gasteiger partial charge is 0.173 e. The van der Waals surface area contributed by atoms with E-state index in [4.69, 9.17) is 17.3 Å². The minimum absolute atomic E-state index is 0. The lowest BCUT2D eigenvalue weighted by molar-refractivity contribution is 0.0986. The van der Waals surface area contributed by atoms with Crippen LogP contribution in [0.3, 0.4) is 0 Å². The molecule has 172 valence electrons. The summed E-state index contributed by atoms with van der Waals surface area (Å²) < 4.78 is 0. The average Bonchev–Trinajstić information content (AvgIpc) is 3.13. The third kappa shape index (κ3) is 5.67. The van der Waals surface area contributed by atoms with Crippen molar-refractivity contribution in [2.24, 2.45) is 0 Å². The maximum absolute atomic E-state index is 12.8. The number of nitrogen functional groups attached to an aromatic ring is 1. The summed E-state index contributed by atoms with van der Waals surface area (Å²) in [5.74, 6) is 0.684. The zero-order valence-electron chi connectivity index (χ0n) is 18.1. The number of nitrogens with two attached hydrogens (primary N) is 1. The normalized spacial score (nSPS) is 15.2. The first-order chi connectivity index (χ1) is 14.9. The van der Waals surface area contributed by atoms with Crippen molar-refractivity contribution in [1.82, 2.24) is 14.8 Å². The Morgan fingerprint density at radius 2 is 1.94 bits per heavy atom. The van der Waals surface area contributed by atoms with Gasteiger partial charge < -0.3 is 5.73 Å². The molecule has 2 N–H and O–H groups in total. The largest absolute Gasteiger partial charge is 0.383 e. The van der Waals surface area contributed by atoms with Crippen LogP contribution < -0.4 is 5.73 Å². The van der Waals surface area contributed by atoms with Gasteiger partial charge in [0.15, 0.2) is 5.78 Å². The van der Waals surface area contributed by atoms with Crippen molar-refractivity contribution in [3.8, 4) is 0 Å². The molecule has 0 amide bonds. The first kappa shape index (κ1) is 24.6. The number of aryl methyl sites for hydroxylation is 1. The van der Waals surface area contributed by atoms with Crippen LogP contribution in [0.2, 0.25) is 5.02 Å². The third-order valence-electron chi connectivity index (χ3n) is 6.04. The summed E-state index contributed by atoms with van der Waals surface area (Å²) in [6.07, 6.45) is 2.87. The Hall–Kier alpha value is -1.99. The fourth-order valence-electron chi connectivity index (χ4n) is 4.08. The van der Waals surface area contributed by atoms with Gasteiger partial charge in [0, 0.05) is 61.6 Å². The van der Waals surface area contributed by atoms with Gasteiger partial charge in [0.1, 0.15) is 5.82 Å². The molecule has 0 saturated carbocycles. The summed E-state index contributed by atoms with van der Waals surface area (Å²) in [5.41, 5.74) is 7.05. The van der Waals surface area contributed by atoms with Gasteiger partial charge in [0.05, 0.1) is 9.90 Å². The van der Waals surface area contributed by atoms with E-state index < -0.39 is 0 Å². The van der Waals surface area contributed by atoms with Gasteiger partial charge in [-0.3, -0.25) is 14.6 Å². The zero-order valence-corrected chi connectivity index (χ0v) is 19.7. The molecule has 3 aromatic rings. The highest BCUT2D eigenvalue weighted by molar-refractivity contribution is 7.14. The number of Topliss-reactive ketones (excluding diaryl/α,β-unsaturated/α-hetero) is 1. The van der Waals surface area contributed by atoms with Crippen molar-refractivity contribution in [3.63, 3.8) is 0 Å². The van der Waals surface area contributed by atoms with Crippen molar-refractivity contribution >= 4 is 45.3 Å². The second-order valence-electron chi connectivity index (χ2n) is 8.46. The molecule has 0 bridgehead atoms. The van der Waals surface area contributed by atoms with Crippen LogP contribution in [-0.2, 0) is 13.0 Å².